The first-order chi connectivity index (χ1) is 9.49. The van der Waals surface area contributed by atoms with E-state index in [4.69, 9.17) is 4.74 Å². The van der Waals surface area contributed by atoms with Crippen molar-refractivity contribution in [2.45, 2.75) is 18.6 Å². The quantitative estimate of drug-likeness (QED) is 0.417. The van der Waals surface area contributed by atoms with Crippen LogP contribution >= 0.6 is 0 Å². The molecule has 0 aliphatic carbocycles. The Labute approximate surface area is 116 Å². The molecule has 0 aliphatic rings. The first kappa shape index (κ1) is 16.0. The van der Waals surface area contributed by atoms with Crippen molar-refractivity contribution in [3.63, 3.8) is 0 Å². The van der Waals surface area contributed by atoms with Crippen LogP contribution < -0.4 is 0 Å². The highest BCUT2D eigenvalue weighted by atomic mass is 19.3. The first-order valence-electron chi connectivity index (χ1n) is 5.95. The predicted molar refractivity (Wildman–Crippen MR) is 71.3 cm³/mol. The third-order valence-corrected chi connectivity index (χ3v) is 2.51. The largest absolute Gasteiger partial charge is 0.450 e. The van der Waals surface area contributed by atoms with E-state index in [1.54, 1.807) is 12.1 Å². The lowest BCUT2D eigenvalue weighted by molar-refractivity contribution is -0.168. The van der Waals surface area contributed by atoms with Gasteiger partial charge < -0.3 is 9.47 Å². The van der Waals surface area contributed by atoms with Crippen LogP contribution in [0, 0.1) is 0 Å². The number of benzene rings is 1. The summed E-state index contributed by atoms with van der Waals surface area (Å²) in [6.07, 6.45) is -0.474. The van der Waals surface area contributed by atoms with Gasteiger partial charge in [0.1, 0.15) is 0 Å². The van der Waals surface area contributed by atoms with E-state index in [9.17, 15) is 13.6 Å². The molecule has 0 saturated carbocycles. The van der Waals surface area contributed by atoms with E-state index in [1.807, 2.05) is 18.2 Å². The molecule has 20 heavy (non-hydrogen) atoms. The molecule has 5 heteroatoms. The van der Waals surface area contributed by atoms with Gasteiger partial charge in [0.2, 0.25) is 0 Å². The van der Waals surface area contributed by atoms with Crippen molar-refractivity contribution < 1.29 is 23.0 Å². The minimum absolute atomic E-state index is 0.149. The minimum Gasteiger partial charge on any atom is -0.450 e. The standard InChI is InChI=1S/C15H16F2O3/c1-3-14(18)20-13(15(16,17)4-2)11-19-10-12-8-6-5-7-9-12/h3-9,13H,1-2,10-11H2. The van der Waals surface area contributed by atoms with E-state index in [0.29, 0.717) is 6.08 Å². The third-order valence-electron chi connectivity index (χ3n) is 2.51. The monoisotopic (exact) mass is 282 g/mol. The summed E-state index contributed by atoms with van der Waals surface area (Å²) < 4.78 is 36.8. The van der Waals surface area contributed by atoms with E-state index in [-0.39, 0.29) is 6.61 Å². The molecule has 0 saturated heterocycles. The number of rotatable bonds is 8. The van der Waals surface area contributed by atoms with E-state index < -0.39 is 24.6 Å². The molecule has 1 aromatic rings. The van der Waals surface area contributed by atoms with Gasteiger partial charge in [0, 0.05) is 6.08 Å². The van der Waals surface area contributed by atoms with Crippen LogP contribution in [0.5, 0.6) is 0 Å². The number of hydrogen-bond acceptors (Lipinski definition) is 3. The molecule has 1 atom stereocenters. The fourth-order valence-electron chi connectivity index (χ4n) is 1.40. The van der Waals surface area contributed by atoms with Crippen molar-refractivity contribution >= 4 is 5.97 Å². The second-order valence-electron chi connectivity index (χ2n) is 4.01. The summed E-state index contributed by atoms with van der Waals surface area (Å²) in [6, 6.07) is 9.06. The fourth-order valence-corrected chi connectivity index (χ4v) is 1.40. The van der Waals surface area contributed by atoms with Gasteiger partial charge in [0.05, 0.1) is 13.2 Å². The van der Waals surface area contributed by atoms with Crippen LogP contribution in [0.15, 0.2) is 55.6 Å². The molecule has 0 aromatic heterocycles. The highest BCUT2D eigenvalue weighted by Crippen LogP contribution is 2.23. The van der Waals surface area contributed by atoms with Crippen LogP contribution in [0.2, 0.25) is 0 Å². The Morgan fingerprint density at radius 3 is 2.50 bits per heavy atom. The topological polar surface area (TPSA) is 35.5 Å². The Bertz CT molecular complexity index is 457. The summed E-state index contributed by atoms with van der Waals surface area (Å²) in [5, 5.41) is 0. The van der Waals surface area contributed by atoms with Crippen molar-refractivity contribution in [1.29, 1.82) is 0 Å². The Morgan fingerprint density at radius 2 is 1.95 bits per heavy atom. The Morgan fingerprint density at radius 1 is 1.30 bits per heavy atom. The van der Waals surface area contributed by atoms with Crippen molar-refractivity contribution in [3.05, 3.63) is 61.2 Å². The molecule has 0 aliphatic heterocycles. The maximum absolute atomic E-state index is 13.5. The van der Waals surface area contributed by atoms with Crippen LogP contribution in [0.25, 0.3) is 0 Å². The lowest BCUT2D eigenvalue weighted by Gasteiger charge is -2.23. The fraction of sp³-hybridized carbons (Fsp3) is 0.267. The summed E-state index contributed by atoms with van der Waals surface area (Å²) in [5.41, 5.74) is 0.836. The lowest BCUT2D eigenvalue weighted by Crippen LogP contribution is -2.39. The van der Waals surface area contributed by atoms with Crippen molar-refractivity contribution in [3.8, 4) is 0 Å². The van der Waals surface area contributed by atoms with Gasteiger partial charge in [0.15, 0.2) is 6.10 Å². The molecular weight excluding hydrogens is 266 g/mol. The van der Waals surface area contributed by atoms with E-state index in [2.05, 4.69) is 17.9 Å². The van der Waals surface area contributed by atoms with E-state index in [0.717, 1.165) is 11.6 Å². The molecule has 0 fully saturated rings. The molecule has 1 unspecified atom stereocenters. The summed E-state index contributed by atoms with van der Waals surface area (Å²) in [4.78, 5) is 11.1. The van der Waals surface area contributed by atoms with Crippen molar-refractivity contribution in [2.24, 2.45) is 0 Å². The van der Waals surface area contributed by atoms with E-state index >= 15 is 0 Å². The lowest BCUT2D eigenvalue weighted by atomic mass is 10.2. The summed E-state index contributed by atoms with van der Waals surface area (Å²) >= 11 is 0. The number of alkyl halides is 2. The molecule has 3 nitrogen and oxygen atoms in total. The maximum atomic E-state index is 13.5. The number of carbonyl (C=O) groups excluding carboxylic acids is 1. The zero-order valence-electron chi connectivity index (χ0n) is 10.9. The molecule has 0 N–H and O–H groups in total. The highest BCUT2D eigenvalue weighted by Gasteiger charge is 2.39. The minimum atomic E-state index is -3.37. The van der Waals surface area contributed by atoms with Crippen molar-refractivity contribution in [1.82, 2.24) is 0 Å². The van der Waals surface area contributed by atoms with Crippen LogP contribution in [-0.4, -0.2) is 24.6 Å². The Kier molecular flexibility index (Phi) is 6.06. The molecule has 0 bridgehead atoms. The van der Waals surface area contributed by atoms with Crippen LogP contribution in [0.3, 0.4) is 0 Å². The van der Waals surface area contributed by atoms with Gasteiger partial charge >= 0.3 is 11.9 Å². The van der Waals surface area contributed by atoms with Gasteiger partial charge in [-0.05, 0) is 11.6 Å². The average molecular weight is 282 g/mol. The van der Waals surface area contributed by atoms with Crippen LogP contribution in [-0.2, 0) is 20.9 Å². The molecule has 1 aromatic carbocycles. The maximum Gasteiger partial charge on any atom is 0.330 e. The second kappa shape index (κ2) is 7.55. The third kappa shape index (κ3) is 4.93. The number of halogens is 2. The Hall–Kier alpha value is -2.01. The van der Waals surface area contributed by atoms with Gasteiger partial charge in [-0.1, -0.05) is 43.5 Å². The molecule has 108 valence electrons. The normalized spacial score (nSPS) is 12.5. The highest BCUT2D eigenvalue weighted by molar-refractivity contribution is 5.81. The number of esters is 1. The second-order valence-corrected chi connectivity index (χ2v) is 4.01. The number of ether oxygens (including phenoxy) is 2. The molecule has 0 radical (unpaired) electrons. The average Bonchev–Trinajstić information content (AvgIpc) is 2.47. The molecule has 0 spiro atoms. The summed E-state index contributed by atoms with van der Waals surface area (Å²) in [7, 11) is 0. The molecule has 0 heterocycles. The van der Waals surface area contributed by atoms with Gasteiger partial charge in [0.25, 0.3) is 0 Å². The van der Waals surface area contributed by atoms with Crippen molar-refractivity contribution in [2.75, 3.05) is 6.61 Å². The van der Waals surface area contributed by atoms with Gasteiger partial charge in [-0.2, -0.15) is 8.78 Å². The zero-order chi connectivity index (χ0) is 15.0. The number of carbonyl (C=O) groups is 1. The molecular formula is C15H16F2O3. The summed E-state index contributed by atoms with van der Waals surface area (Å²) in [5.74, 6) is -4.30. The SMILES string of the molecule is C=CC(=O)OC(COCc1ccccc1)C(F)(F)C=C. The number of hydrogen-bond donors (Lipinski definition) is 0. The van der Waals surface area contributed by atoms with Crippen LogP contribution in [0.1, 0.15) is 5.56 Å². The Balaban J connectivity index is 2.58. The van der Waals surface area contributed by atoms with E-state index in [1.165, 1.54) is 0 Å². The smallest absolute Gasteiger partial charge is 0.330 e. The first-order valence-corrected chi connectivity index (χ1v) is 5.95. The molecule has 1 rings (SSSR count). The van der Waals surface area contributed by atoms with Gasteiger partial charge in [-0.3, -0.25) is 0 Å². The predicted octanol–water partition coefficient (Wildman–Crippen LogP) is 3.12. The summed E-state index contributed by atoms with van der Waals surface area (Å²) in [6.45, 7) is 5.91. The van der Waals surface area contributed by atoms with Crippen LogP contribution in [0.4, 0.5) is 8.78 Å². The zero-order valence-corrected chi connectivity index (χ0v) is 10.9. The van der Waals surface area contributed by atoms with Gasteiger partial charge in [-0.25, -0.2) is 4.79 Å². The van der Waals surface area contributed by atoms with Gasteiger partial charge in [-0.15, -0.1) is 0 Å². The molecule has 0 amide bonds.